The maximum absolute atomic E-state index is 8.76. The van der Waals surface area contributed by atoms with Gasteiger partial charge in [0.25, 0.3) is 0 Å². The number of aromatic nitrogens is 2. The average Bonchev–Trinajstić information content (AvgIpc) is 2.83. The minimum absolute atomic E-state index is 0.661. The molecule has 3 heteroatoms. The van der Waals surface area contributed by atoms with Crippen molar-refractivity contribution in [2.75, 3.05) is 0 Å². The Balaban J connectivity index is 2.17. The Morgan fingerprint density at radius 2 is 1.76 bits per heavy atom. The second-order valence-corrected chi connectivity index (χ2v) is 3.81. The summed E-state index contributed by atoms with van der Waals surface area (Å²) in [6, 6.07) is 17.5. The second kappa shape index (κ2) is 3.76. The number of aromatic amines is 1. The molecule has 0 spiro atoms. The van der Waals surface area contributed by atoms with Gasteiger partial charge in [0.15, 0.2) is 0 Å². The molecule has 3 nitrogen and oxygen atoms in total. The van der Waals surface area contributed by atoms with Gasteiger partial charge in [-0.15, -0.1) is 0 Å². The minimum Gasteiger partial charge on any atom is -0.277 e. The lowest BCUT2D eigenvalue weighted by atomic mass is 10.1. The van der Waals surface area contributed by atoms with Crippen molar-refractivity contribution < 1.29 is 0 Å². The van der Waals surface area contributed by atoms with Gasteiger partial charge in [-0.3, -0.25) is 5.10 Å². The van der Waals surface area contributed by atoms with Crippen LogP contribution in [-0.4, -0.2) is 10.2 Å². The summed E-state index contributed by atoms with van der Waals surface area (Å²) in [6.45, 7) is 0. The third kappa shape index (κ3) is 1.56. The van der Waals surface area contributed by atoms with Gasteiger partial charge >= 0.3 is 0 Å². The van der Waals surface area contributed by atoms with Gasteiger partial charge in [-0.05, 0) is 18.2 Å². The number of para-hydroxylation sites is 1. The number of hydrogen-bond donors (Lipinski definition) is 1. The number of nitrogens with one attached hydrogen (secondary N) is 1. The van der Waals surface area contributed by atoms with Crippen LogP contribution in [0.2, 0.25) is 0 Å². The summed E-state index contributed by atoms with van der Waals surface area (Å²) in [5.74, 6) is 0. The average molecular weight is 219 g/mol. The predicted octanol–water partition coefficient (Wildman–Crippen LogP) is 3.10. The van der Waals surface area contributed by atoms with E-state index in [0.717, 1.165) is 22.2 Å². The lowest BCUT2D eigenvalue weighted by molar-refractivity contribution is 1.12. The van der Waals surface area contributed by atoms with Crippen LogP contribution in [-0.2, 0) is 0 Å². The fraction of sp³-hybridized carbons (Fsp3) is 0. The quantitative estimate of drug-likeness (QED) is 0.683. The molecule has 2 aromatic carbocycles. The molecule has 0 unspecified atom stereocenters. The molecule has 0 radical (unpaired) electrons. The molecule has 0 bridgehead atoms. The summed E-state index contributed by atoms with van der Waals surface area (Å²) in [6.07, 6.45) is 0. The van der Waals surface area contributed by atoms with Gasteiger partial charge in [0.2, 0.25) is 0 Å². The highest BCUT2D eigenvalue weighted by molar-refractivity contribution is 5.92. The van der Waals surface area contributed by atoms with Gasteiger partial charge in [-0.2, -0.15) is 10.4 Å². The van der Waals surface area contributed by atoms with E-state index in [1.165, 1.54) is 0 Å². The Labute approximate surface area is 98.3 Å². The van der Waals surface area contributed by atoms with E-state index in [1.807, 2.05) is 36.4 Å². The largest absolute Gasteiger partial charge is 0.277 e. The molecule has 0 aliphatic heterocycles. The highest BCUT2D eigenvalue weighted by Crippen LogP contribution is 2.25. The van der Waals surface area contributed by atoms with E-state index >= 15 is 0 Å². The van der Waals surface area contributed by atoms with Crippen LogP contribution in [0.4, 0.5) is 0 Å². The van der Waals surface area contributed by atoms with Crippen LogP contribution < -0.4 is 0 Å². The van der Waals surface area contributed by atoms with Crippen molar-refractivity contribution in [1.29, 1.82) is 5.26 Å². The summed E-state index contributed by atoms with van der Waals surface area (Å²) < 4.78 is 0. The highest BCUT2D eigenvalue weighted by atomic mass is 15.1. The maximum Gasteiger partial charge on any atom is 0.0999 e. The molecule has 3 aromatic rings. The SMILES string of the molecule is N#Cc1ccc(-c2n[nH]c3ccccc23)cc1. The van der Waals surface area contributed by atoms with E-state index in [2.05, 4.69) is 16.3 Å². The number of benzene rings is 2. The number of hydrogen-bond acceptors (Lipinski definition) is 2. The van der Waals surface area contributed by atoms with E-state index in [-0.39, 0.29) is 0 Å². The number of nitriles is 1. The second-order valence-electron chi connectivity index (χ2n) is 3.81. The Hall–Kier alpha value is -2.60. The van der Waals surface area contributed by atoms with Gasteiger partial charge in [-0.25, -0.2) is 0 Å². The van der Waals surface area contributed by atoms with Crippen molar-refractivity contribution in [2.45, 2.75) is 0 Å². The molecule has 1 N–H and O–H groups in total. The van der Waals surface area contributed by atoms with Crippen molar-refractivity contribution in [2.24, 2.45) is 0 Å². The van der Waals surface area contributed by atoms with Gasteiger partial charge in [0, 0.05) is 10.9 Å². The molecule has 0 saturated heterocycles. The zero-order valence-corrected chi connectivity index (χ0v) is 9.01. The van der Waals surface area contributed by atoms with Crippen LogP contribution in [0.1, 0.15) is 5.56 Å². The number of fused-ring (bicyclic) bond motifs is 1. The Morgan fingerprint density at radius 3 is 2.53 bits per heavy atom. The first-order valence-corrected chi connectivity index (χ1v) is 5.32. The number of nitrogens with zero attached hydrogens (tertiary/aromatic N) is 2. The molecule has 0 fully saturated rings. The Bertz CT molecular complexity index is 702. The molecule has 80 valence electrons. The molecule has 17 heavy (non-hydrogen) atoms. The molecule has 0 saturated carbocycles. The standard InChI is InChI=1S/C14H9N3/c15-9-10-5-7-11(8-6-10)14-12-3-1-2-4-13(12)16-17-14/h1-8H,(H,16,17). The first-order valence-electron chi connectivity index (χ1n) is 5.32. The first-order chi connectivity index (χ1) is 8.38. The highest BCUT2D eigenvalue weighted by Gasteiger charge is 2.06. The summed E-state index contributed by atoms with van der Waals surface area (Å²) >= 11 is 0. The Kier molecular flexibility index (Phi) is 2.13. The van der Waals surface area contributed by atoms with E-state index < -0.39 is 0 Å². The van der Waals surface area contributed by atoms with Crippen molar-refractivity contribution >= 4 is 10.9 Å². The maximum atomic E-state index is 8.76. The minimum atomic E-state index is 0.661. The predicted molar refractivity (Wildman–Crippen MR) is 66.2 cm³/mol. The van der Waals surface area contributed by atoms with Gasteiger partial charge < -0.3 is 0 Å². The lowest BCUT2D eigenvalue weighted by Gasteiger charge is -1.97. The van der Waals surface area contributed by atoms with Gasteiger partial charge in [0.1, 0.15) is 0 Å². The summed E-state index contributed by atoms with van der Waals surface area (Å²) in [7, 11) is 0. The molecule has 0 aliphatic carbocycles. The molecule has 0 amide bonds. The first kappa shape index (κ1) is 9.61. The monoisotopic (exact) mass is 219 g/mol. The van der Waals surface area contributed by atoms with Crippen LogP contribution in [0.25, 0.3) is 22.2 Å². The zero-order chi connectivity index (χ0) is 11.7. The van der Waals surface area contributed by atoms with Crippen LogP contribution in [0.5, 0.6) is 0 Å². The van der Waals surface area contributed by atoms with Crippen LogP contribution >= 0.6 is 0 Å². The van der Waals surface area contributed by atoms with E-state index in [0.29, 0.717) is 5.56 Å². The summed E-state index contributed by atoms with van der Waals surface area (Å²) in [5, 5.41) is 17.2. The van der Waals surface area contributed by atoms with Crippen LogP contribution in [0.15, 0.2) is 48.5 Å². The molecular weight excluding hydrogens is 210 g/mol. The third-order valence-corrected chi connectivity index (χ3v) is 2.76. The summed E-state index contributed by atoms with van der Waals surface area (Å²) in [4.78, 5) is 0. The van der Waals surface area contributed by atoms with E-state index in [4.69, 9.17) is 5.26 Å². The zero-order valence-electron chi connectivity index (χ0n) is 9.01. The molecule has 0 atom stereocenters. The van der Waals surface area contributed by atoms with Crippen molar-refractivity contribution in [1.82, 2.24) is 10.2 Å². The Morgan fingerprint density at radius 1 is 1.00 bits per heavy atom. The number of rotatable bonds is 1. The fourth-order valence-electron chi connectivity index (χ4n) is 1.89. The van der Waals surface area contributed by atoms with Gasteiger partial charge in [-0.1, -0.05) is 30.3 Å². The van der Waals surface area contributed by atoms with E-state index in [9.17, 15) is 0 Å². The molecule has 3 rings (SSSR count). The van der Waals surface area contributed by atoms with Crippen molar-refractivity contribution in [3.8, 4) is 17.3 Å². The molecule has 1 heterocycles. The smallest absolute Gasteiger partial charge is 0.0999 e. The van der Waals surface area contributed by atoms with E-state index in [1.54, 1.807) is 12.1 Å². The molecular formula is C14H9N3. The molecule has 1 aromatic heterocycles. The van der Waals surface area contributed by atoms with Crippen molar-refractivity contribution in [3.05, 3.63) is 54.1 Å². The molecule has 0 aliphatic rings. The van der Waals surface area contributed by atoms with Crippen LogP contribution in [0, 0.1) is 11.3 Å². The third-order valence-electron chi connectivity index (χ3n) is 2.76. The number of H-pyrrole nitrogens is 1. The van der Waals surface area contributed by atoms with Crippen LogP contribution in [0.3, 0.4) is 0 Å². The van der Waals surface area contributed by atoms with Crippen molar-refractivity contribution in [3.63, 3.8) is 0 Å². The topological polar surface area (TPSA) is 52.5 Å². The van der Waals surface area contributed by atoms with Gasteiger partial charge in [0.05, 0.1) is 22.8 Å². The summed E-state index contributed by atoms with van der Waals surface area (Å²) in [5.41, 5.74) is 3.62. The normalized spacial score (nSPS) is 10.3. The fourth-order valence-corrected chi connectivity index (χ4v) is 1.89. The lowest BCUT2D eigenvalue weighted by Crippen LogP contribution is -1.80.